The summed E-state index contributed by atoms with van der Waals surface area (Å²) in [6.45, 7) is 7.54. The van der Waals surface area contributed by atoms with Gasteiger partial charge in [-0.3, -0.25) is 4.79 Å². The molecule has 1 amide bonds. The van der Waals surface area contributed by atoms with E-state index in [1.807, 2.05) is 0 Å². The van der Waals surface area contributed by atoms with Gasteiger partial charge in [0.1, 0.15) is 0 Å². The average Bonchev–Trinajstić information content (AvgIpc) is 2.25. The van der Waals surface area contributed by atoms with Gasteiger partial charge in [-0.1, -0.05) is 0 Å². The summed E-state index contributed by atoms with van der Waals surface area (Å²) in [7, 11) is 2.17. The van der Waals surface area contributed by atoms with Gasteiger partial charge in [-0.2, -0.15) is 0 Å². The Morgan fingerprint density at radius 2 is 1.94 bits per heavy atom. The molecule has 5 heteroatoms. The Hall–Kier alpha value is -0.650. The molecule has 1 heterocycles. The zero-order valence-electron chi connectivity index (χ0n) is 10.2. The number of rotatable bonds is 7. The lowest BCUT2D eigenvalue weighted by Crippen LogP contribution is -2.45. The Labute approximate surface area is 98.0 Å². The van der Waals surface area contributed by atoms with Crippen molar-refractivity contribution in [1.29, 1.82) is 0 Å². The van der Waals surface area contributed by atoms with Gasteiger partial charge < -0.3 is 20.9 Å². The first kappa shape index (κ1) is 13.4. The van der Waals surface area contributed by atoms with Crippen LogP contribution >= 0.6 is 0 Å². The van der Waals surface area contributed by atoms with E-state index in [-0.39, 0.29) is 5.91 Å². The number of carbonyl (C=O) groups excluding carboxylic acids is 1. The van der Waals surface area contributed by atoms with Gasteiger partial charge in [-0.05, 0) is 26.6 Å². The van der Waals surface area contributed by atoms with E-state index in [0.29, 0.717) is 13.0 Å². The van der Waals surface area contributed by atoms with E-state index in [2.05, 4.69) is 22.2 Å². The summed E-state index contributed by atoms with van der Waals surface area (Å²) in [6.07, 6.45) is 1.58. The van der Waals surface area contributed by atoms with Gasteiger partial charge in [0.05, 0.1) is 0 Å². The number of likely N-dealkylation sites (N-methyl/N-ethyl adjacent to an activating group) is 1. The second-order valence-electron chi connectivity index (χ2n) is 4.46. The maximum atomic E-state index is 10.5. The summed E-state index contributed by atoms with van der Waals surface area (Å²) in [5, 5.41) is 3.23. The molecule has 0 spiro atoms. The van der Waals surface area contributed by atoms with Crippen molar-refractivity contribution in [2.24, 2.45) is 5.73 Å². The number of carbonyl (C=O) groups is 1. The molecule has 0 saturated carbocycles. The molecule has 5 nitrogen and oxygen atoms in total. The second kappa shape index (κ2) is 7.60. The van der Waals surface area contributed by atoms with E-state index in [1.54, 1.807) is 0 Å². The molecule has 94 valence electrons. The number of amides is 1. The van der Waals surface area contributed by atoms with E-state index >= 15 is 0 Å². The number of nitrogens with two attached hydrogens (primary N) is 1. The van der Waals surface area contributed by atoms with Crippen LogP contribution in [0.25, 0.3) is 0 Å². The Bertz CT molecular complexity index is 202. The highest BCUT2D eigenvalue weighted by atomic mass is 16.1. The number of hydrogen-bond donors (Lipinski definition) is 2. The first-order valence-electron chi connectivity index (χ1n) is 6.08. The molecule has 16 heavy (non-hydrogen) atoms. The van der Waals surface area contributed by atoms with Gasteiger partial charge in [-0.25, -0.2) is 0 Å². The van der Waals surface area contributed by atoms with E-state index in [9.17, 15) is 4.79 Å². The van der Waals surface area contributed by atoms with Gasteiger partial charge in [0.2, 0.25) is 5.91 Å². The number of piperazine rings is 1. The predicted molar refractivity (Wildman–Crippen MR) is 65.2 cm³/mol. The minimum absolute atomic E-state index is 0.230. The smallest absolute Gasteiger partial charge is 0.218 e. The average molecular weight is 228 g/mol. The van der Waals surface area contributed by atoms with Gasteiger partial charge >= 0.3 is 0 Å². The number of primary amides is 1. The fourth-order valence-corrected chi connectivity index (χ4v) is 1.84. The van der Waals surface area contributed by atoms with E-state index in [1.165, 1.54) is 26.2 Å². The van der Waals surface area contributed by atoms with Crippen molar-refractivity contribution in [1.82, 2.24) is 15.1 Å². The van der Waals surface area contributed by atoms with Crippen LogP contribution in [0, 0.1) is 0 Å². The Morgan fingerprint density at radius 1 is 1.25 bits per heavy atom. The fraction of sp³-hybridized carbons (Fsp3) is 0.909. The maximum absolute atomic E-state index is 10.5. The SMILES string of the molecule is CN1CCN(CCCNCCC(N)=O)CC1. The van der Waals surface area contributed by atoms with Crippen LogP contribution in [0.3, 0.4) is 0 Å². The van der Waals surface area contributed by atoms with Crippen molar-refractivity contribution < 1.29 is 4.79 Å². The highest BCUT2D eigenvalue weighted by Crippen LogP contribution is 1.99. The lowest BCUT2D eigenvalue weighted by molar-refractivity contribution is -0.117. The highest BCUT2D eigenvalue weighted by molar-refractivity contribution is 5.73. The third kappa shape index (κ3) is 6.05. The third-order valence-electron chi connectivity index (χ3n) is 2.97. The molecule has 1 fully saturated rings. The topological polar surface area (TPSA) is 61.6 Å². The van der Waals surface area contributed by atoms with Crippen molar-refractivity contribution in [2.75, 3.05) is 52.9 Å². The normalized spacial score (nSPS) is 18.8. The van der Waals surface area contributed by atoms with Crippen LogP contribution in [0.5, 0.6) is 0 Å². The number of hydrogen-bond acceptors (Lipinski definition) is 4. The number of nitrogens with zero attached hydrogens (tertiary/aromatic N) is 2. The van der Waals surface area contributed by atoms with Gasteiger partial charge in [0.25, 0.3) is 0 Å². The predicted octanol–water partition coefficient (Wildman–Crippen LogP) is -0.911. The molecule has 1 rings (SSSR count). The van der Waals surface area contributed by atoms with Crippen molar-refractivity contribution >= 4 is 5.91 Å². The maximum Gasteiger partial charge on any atom is 0.218 e. The monoisotopic (exact) mass is 228 g/mol. The summed E-state index contributed by atoms with van der Waals surface area (Å²) < 4.78 is 0. The zero-order chi connectivity index (χ0) is 11.8. The molecule has 0 aliphatic carbocycles. The highest BCUT2D eigenvalue weighted by Gasteiger charge is 2.12. The second-order valence-corrected chi connectivity index (χ2v) is 4.46. The molecule has 3 N–H and O–H groups in total. The van der Waals surface area contributed by atoms with E-state index < -0.39 is 0 Å². The van der Waals surface area contributed by atoms with Gasteiger partial charge in [0, 0.05) is 39.1 Å². The molecule has 0 unspecified atom stereocenters. The first-order valence-corrected chi connectivity index (χ1v) is 6.08. The summed E-state index contributed by atoms with van der Waals surface area (Å²) in [5.74, 6) is -0.230. The molecule has 0 aromatic carbocycles. The van der Waals surface area contributed by atoms with Gasteiger partial charge in [0.15, 0.2) is 0 Å². The summed E-state index contributed by atoms with van der Waals surface area (Å²) >= 11 is 0. The molecular weight excluding hydrogens is 204 g/mol. The summed E-state index contributed by atoms with van der Waals surface area (Å²) in [6, 6.07) is 0. The Balaban J connectivity index is 1.89. The van der Waals surface area contributed by atoms with Crippen LogP contribution < -0.4 is 11.1 Å². The van der Waals surface area contributed by atoms with Crippen LogP contribution in [0.15, 0.2) is 0 Å². The molecule has 0 atom stereocenters. The zero-order valence-corrected chi connectivity index (χ0v) is 10.2. The quantitative estimate of drug-likeness (QED) is 0.554. The van der Waals surface area contributed by atoms with Crippen molar-refractivity contribution in [2.45, 2.75) is 12.8 Å². The molecule has 0 aromatic heterocycles. The van der Waals surface area contributed by atoms with Crippen LogP contribution in [0.2, 0.25) is 0 Å². The lowest BCUT2D eigenvalue weighted by atomic mass is 10.3. The van der Waals surface area contributed by atoms with Crippen molar-refractivity contribution in [3.05, 3.63) is 0 Å². The van der Waals surface area contributed by atoms with Crippen LogP contribution in [-0.4, -0.2) is 68.6 Å². The molecule has 1 saturated heterocycles. The Kier molecular flexibility index (Phi) is 6.37. The third-order valence-corrected chi connectivity index (χ3v) is 2.97. The molecule has 0 aromatic rings. The van der Waals surface area contributed by atoms with Crippen LogP contribution in [0.1, 0.15) is 12.8 Å². The summed E-state index contributed by atoms with van der Waals surface area (Å²) in [4.78, 5) is 15.3. The van der Waals surface area contributed by atoms with E-state index in [4.69, 9.17) is 5.73 Å². The largest absolute Gasteiger partial charge is 0.370 e. The Morgan fingerprint density at radius 3 is 2.56 bits per heavy atom. The summed E-state index contributed by atoms with van der Waals surface area (Å²) in [5.41, 5.74) is 5.05. The minimum atomic E-state index is -0.230. The van der Waals surface area contributed by atoms with Crippen LogP contribution in [-0.2, 0) is 4.79 Å². The molecule has 0 radical (unpaired) electrons. The molecule has 1 aliphatic heterocycles. The van der Waals surface area contributed by atoms with Crippen molar-refractivity contribution in [3.63, 3.8) is 0 Å². The lowest BCUT2D eigenvalue weighted by Gasteiger charge is -2.32. The minimum Gasteiger partial charge on any atom is -0.370 e. The van der Waals surface area contributed by atoms with E-state index in [0.717, 1.165) is 19.5 Å². The molecular formula is C11H24N4O. The molecule has 0 bridgehead atoms. The molecule has 1 aliphatic rings. The van der Waals surface area contributed by atoms with Crippen molar-refractivity contribution in [3.8, 4) is 0 Å². The number of nitrogens with one attached hydrogen (secondary N) is 1. The first-order chi connectivity index (χ1) is 7.68. The fourth-order valence-electron chi connectivity index (χ4n) is 1.84. The van der Waals surface area contributed by atoms with Crippen LogP contribution in [0.4, 0.5) is 0 Å². The standard InChI is InChI=1S/C11H24N4O/c1-14-7-9-15(10-8-14)6-2-4-13-5-3-11(12)16/h13H,2-10H2,1H3,(H2,12,16). The van der Waals surface area contributed by atoms with Gasteiger partial charge in [-0.15, -0.1) is 0 Å².